The van der Waals surface area contributed by atoms with Crippen molar-refractivity contribution in [3.63, 3.8) is 0 Å². The molecule has 0 N–H and O–H groups in total. The molecule has 1 atom stereocenters. The Labute approximate surface area is 207 Å². The van der Waals surface area contributed by atoms with Crippen LogP contribution in [0.1, 0.15) is 39.7 Å². The van der Waals surface area contributed by atoms with E-state index >= 15 is 0 Å². The standard InChI is InChI=1S/C29H24N2O5/c1-4-30-22-8-6-5-7-21(22)29(28(30)34)24-25(32)20-15-17(2)9-14-23(20)36-26(24)27(33)31(29)16-18-10-12-19(35-3)13-11-18/h5-15H,4,16H2,1-3H3. The monoisotopic (exact) mass is 480 g/mol. The van der Waals surface area contributed by atoms with Gasteiger partial charge in [-0.05, 0) is 49.7 Å². The summed E-state index contributed by atoms with van der Waals surface area (Å²) in [4.78, 5) is 45.5. The molecule has 1 aromatic heterocycles. The molecule has 7 nitrogen and oxygen atoms in total. The van der Waals surface area contributed by atoms with E-state index in [0.29, 0.717) is 34.5 Å². The van der Waals surface area contributed by atoms with Crippen LogP contribution in [0.3, 0.4) is 0 Å². The van der Waals surface area contributed by atoms with Crippen molar-refractivity contribution in [3.05, 3.63) is 105 Å². The molecule has 0 aliphatic carbocycles. The first-order chi connectivity index (χ1) is 17.4. The predicted octanol–water partition coefficient (Wildman–Crippen LogP) is 4.38. The molecule has 1 spiro atoms. The maximum Gasteiger partial charge on any atom is 0.291 e. The van der Waals surface area contributed by atoms with Crippen molar-refractivity contribution in [1.29, 1.82) is 0 Å². The lowest BCUT2D eigenvalue weighted by Gasteiger charge is -2.34. The van der Waals surface area contributed by atoms with E-state index in [-0.39, 0.29) is 29.2 Å². The van der Waals surface area contributed by atoms with Crippen molar-refractivity contribution in [3.8, 4) is 5.75 Å². The number of rotatable bonds is 4. The minimum atomic E-state index is -1.61. The van der Waals surface area contributed by atoms with Gasteiger partial charge in [0.1, 0.15) is 11.3 Å². The van der Waals surface area contributed by atoms with E-state index in [1.54, 1.807) is 36.3 Å². The maximum absolute atomic E-state index is 14.3. The van der Waals surface area contributed by atoms with Crippen LogP contribution in [0, 0.1) is 6.92 Å². The second-order valence-corrected chi connectivity index (χ2v) is 9.15. The number of hydrogen-bond donors (Lipinski definition) is 0. The summed E-state index contributed by atoms with van der Waals surface area (Å²) in [7, 11) is 1.59. The lowest BCUT2D eigenvalue weighted by atomic mass is 9.83. The van der Waals surface area contributed by atoms with Gasteiger partial charge in [-0.25, -0.2) is 0 Å². The second-order valence-electron chi connectivity index (χ2n) is 9.15. The van der Waals surface area contributed by atoms with Crippen molar-refractivity contribution in [2.24, 2.45) is 0 Å². The Kier molecular flexibility index (Phi) is 4.80. The molecule has 0 bridgehead atoms. The van der Waals surface area contributed by atoms with E-state index < -0.39 is 11.4 Å². The van der Waals surface area contributed by atoms with Crippen molar-refractivity contribution in [2.45, 2.75) is 25.9 Å². The number of likely N-dealkylation sites (N-methyl/N-ethyl adjacent to an activating group) is 1. The van der Waals surface area contributed by atoms with Crippen molar-refractivity contribution >= 4 is 28.5 Å². The molecular formula is C29H24N2O5. The molecule has 0 saturated carbocycles. The normalized spacial score (nSPS) is 18.3. The molecule has 0 radical (unpaired) electrons. The average molecular weight is 481 g/mol. The Balaban J connectivity index is 1.67. The molecule has 3 aromatic carbocycles. The highest BCUT2D eigenvalue weighted by atomic mass is 16.5. The second kappa shape index (κ2) is 7.81. The van der Waals surface area contributed by atoms with Crippen LogP contribution in [-0.4, -0.2) is 30.4 Å². The number of methoxy groups -OCH3 is 1. The minimum Gasteiger partial charge on any atom is -0.497 e. The number of hydrogen-bond acceptors (Lipinski definition) is 5. The minimum absolute atomic E-state index is 0.0778. The van der Waals surface area contributed by atoms with Gasteiger partial charge >= 0.3 is 0 Å². The first-order valence-electron chi connectivity index (χ1n) is 11.9. The molecule has 180 valence electrons. The first-order valence-corrected chi connectivity index (χ1v) is 11.9. The summed E-state index contributed by atoms with van der Waals surface area (Å²) in [5, 5.41) is 0.354. The zero-order chi connectivity index (χ0) is 25.2. The number of benzene rings is 3. The Bertz CT molecular complexity index is 1620. The Morgan fingerprint density at radius 2 is 1.72 bits per heavy atom. The van der Waals surface area contributed by atoms with Gasteiger partial charge in [0, 0.05) is 18.7 Å². The summed E-state index contributed by atoms with van der Waals surface area (Å²) in [6.45, 7) is 4.28. The highest BCUT2D eigenvalue weighted by molar-refractivity contribution is 6.17. The molecule has 4 aromatic rings. The van der Waals surface area contributed by atoms with E-state index in [0.717, 1.165) is 11.1 Å². The lowest BCUT2D eigenvalue weighted by Crippen LogP contribution is -2.53. The molecule has 3 heterocycles. The Hall–Kier alpha value is -4.39. The van der Waals surface area contributed by atoms with E-state index in [1.807, 2.05) is 56.3 Å². The molecule has 6 rings (SSSR count). The van der Waals surface area contributed by atoms with E-state index in [4.69, 9.17) is 9.15 Å². The van der Waals surface area contributed by atoms with Gasteiger partial charge in [0.25, 0.3) is 11.8 Å². The number of para-hydroxylation sites is 1. The Morgan fingerprint density at radius 3 is 2.44 bits per heavy atom. The van der Waals surface area contributed by atoms with Gasteiger partial charge in [-0.3, -0.25) is 14.4 Å². The summed E-state index contributed by atoms with van der Waals surface area (Å²) >= 11 is 0. The molecule has 0 saturated heterocycles. The van der Waals surface area contributed by atoms with Crippen molar-refractivity contribution in [2.75, 3.05) is 18.6 Å². The SMILES string of the molecule is CCN1C(=O)C2(c3ccccc31)c1c(oc3ccc(C)cc3c1=O)C(=O)N2Cc1ccc(OC)cc1. The van der Waals surface area contributed by atoms with E-state index in [1.165, 1.54) is 4.90 Å². The third-order valence-corrected chi connectivity index (χ3v) is 7.21. The van der Waals surface area contributed by atoms with Crippen LogP contribution >= 0.6 is 0 Å². The van der Waals surface area contributed by atoms with Crippen LogP contribution in [-0.2, 0) is 16.9 Å². The van der Waals surface area contributed by atoms with Crippen LogP contribution < -0.4 is 15.1 Å². The summed E-state index contributed by atoms with van der Waals surface area (Å²) in [5.74, 6) is -0.207. The van der Waals surface area contributed by atoms with Gasteiger partial charge in [0.15, 0.2) is 11.0 Å². The van der Waals surface area contributed by atoms with Gasteiger partial charge < -0.3 is 19.0 Å². The smallest absolute Gasteiger partial charge is 0.291 e. The zero-order valence-corrected chi connectivity index (χ0v) is 20.2. The highest BCUT2D eigenvalue weighted by Gasteiger charge is 2.64. The number of carbonyl (C=O) groups excluding carboxylic acids is 2. The number of nitrogens with zero attached hydrogens (tertiary/aromatic N) is 2. The number of aryl methyl sites for hydroxylation is 1. The summed E-state index contributed by atoms with van der Waals surface area (Å²) in [6, 6.07) is 19.9. The summed E-state index contributed by atoms with van der Waals surface area (Å²) in [6.07, 6.45) is 0. The van der Waals surface area contributed by atoms with Crippen LogP contribution in [0.5, 0.6) is 5.75 Å². The number of amides is 2. The summed E-state index contributed by atoms with van der Waals surface area (Å²) < 4.78 is 11.4. The fourth-order valence-corrected chi connectivity index (χ4v) is 5.55. The molecule has 2 aliphatic rings. The largest absolute Gasteiger partial charge is 0.497 e. The van der Waals surface area contributed by atoms with Crippen LogP contribution in [0.2, 0.25) is 0 Å². The number of fused-ring (bicyclic) bond motifs is 5. The van der Waals surface area contributed by atoms with Crippen molar-refractivity contribution < 1.29 is 18.7 Å². The Morgan fingerprint density at radius 1 is 0.972 bits per heavy atom. The molecular weight excluding hydrogens is 456 g/mol. The first kappa shape index (κ1) is 22.1. The van der Waals surface area contributed by atoms with Crippen LogP contribution in [0.25, 0.3) is 11.0 Å². The number of carbonyl (C=O) groups is 2. The van der Waals surface area contributed by atoms with Gasteiger partial charge in [0.2, 0.25) is 5.76 Å². The number of ether oxygens (including phenoxy) is 1. The maximum atomic E-state index is 14.3. The van der Waals surface area contributed by atoms with Gasteiger partial charge in [0.05, 0.1) is 23.7 Å². The molecule has 7 heteroatoms. The van der Waals surface area contributed by atoms with Crippen LogP contribution in [0.4, 0.5) is 5.69 Å². The van der Waals surface area contributed by atoms with Crippen LogP contribution in [0.15, 0.2) is 75.9 Å². The summed E-state index contributed by atoms with van der Waals surface area (Å²) in [5.41, 5.74) is 1.42. The zero-order valence-electron chi connectivity index (χ0n) is 20.2. The third-order valence-electron chi connectivity index (χ3n) is 7.21. The van der Waals surface area contributed by atoms with Crippen molar-refractivity contribution in [1.82, 2.24) is 4.90 Å². The molecule has 2 aliphatic heterocycles. The average Bonchev–Trinajstić information content (AvgIpc) is 3.29. The molecule has 1 unspecified atom stereocenters. The van der Waals surface area contributed by atoms with E-state index in [2.05, 4.69) is 0 Å². The number of anilines is 1. The van der Waals surface area contributed by atoms with E-state index in [9.17, 15) is 14.4 Å². The van der Waals surface area contributed by atoms with Gasteiger partial charge in [-0.15, -0.1) is 0 Å². The fourth-order valence-electron chi connectivity index (χ4n) is 5.55. The predicted molar refractivity (Wildman–Crippen MR) is 135 cm³/mol. The fraction of sp³-hybridized carbons (Fsp3) is 0.207. The third kappa shape index (κ3) is 2.77. The lowest BCUT2D eigenvalue weighted by molar-refractivity contribution is -0.126. The quantitative estimate of drug-likeness (QED) is 0.433. The van der Waals surface area contributed by atoms with Gasteiger partial charge in [-0.1, -0.05) is 42.0 Å². The molecule has 0 fully saturated rings. The topological polar surface area (TPSA) is 80.1 Å². The highest BCUT2D eigenvalue weighted by Crippen LogP contribution is 2.52. The van der Waals surface area contributed by atoms with Gasteiger partial charge in [-0.2, -0.15) is 0 Å². The molecule has 36 heavy (non-hydrogen) atoms. The molecule has 2 amide bonds.